The van der Waals surface area contributed by atoms with E-state index in [1.54, 1.807) is 36.1 Å². The molecule has 1 fully saturated rings. The molecular formula is C26H31FN2O5. The number of likely N-dealkylation sites (tertiary alicyclic amines) is 1. The molecule has 0 spiro atoms. The molecule has 0 N–H and O–H groups in total. The zero-order valence-corrected chi connectivity index (χ0v) is 19.7. The Bertz CT molecular complexity index is 987. The predicted molar refractivity (Wildman–Crippen MR) is 126 cm³/mol. The summed E-state index contributed by atoms with van der Waals surface area (Å²) in [6, 6.07) is 13.3. The molecule has 182 valence electrons. The normalized spacial score (nSPS) is 14.0. The van der Waals surface area contributed by atoms with Crippen molar-refractivity contribution in [2.24, 2.45) is 5.92 Å². The first kappa shape index (κ1) is 25.4. The fraction of sp³-hybridized carbons (Fsp3) is 0.423. The van der Waals surface area contributed by atoms with E-state index >= 15 is 0 Å². The van der Waals surface area contributed by atoms with Gasteiger partial charge in [0.05, 0.1) is 25.5 Å². The van der Waals surface area contributed by atoms with Gasteiger partial charge in [0, 0.05) is 25.9 Å². The summed E-state index contributed by atoms with van der Waals surface area (Å²) in [4.78, 5) is 40.6. The highest BCUT2D eigenvalue weighted by atomic mass is 19.1. The molecule has 7 nitrogen and oxygen atoms in total. The Morgan fingerprint density at radius 3 is 2.38 bits per heavy atom. The van der Waals surface area contributed by atoms with E-state index in [2.05, 4.69) is 0 Å². The highest BCUT2D eigenvalue weighted by Crippen LogP contribution is 2.22. The second-order valence-corrected chi connectivity index (χ2v) is 8.29. The van der Waals surface area contributed by atoms with Crippen molar-refractivity contribution in [1.29, 1.82) is 0 Å². The van der Waals surface area contributed by atoms with E-state index in [1.807, 2.05) is 12.1 Å². The third kappa shape index (κ3) is 6.87. The summed E-state index contributed by atoms with van der Waals surface area (Å²) in [6.07, 6.45) is 1.46. The summed E-state index contributed by atoms with van der Waals surface area (Å²) >= 11 is 0. The minimum atomic E-state index is -0.364. The van der Waals surface area contributed by atoms with Crippen LogP contribution in [-0.4, -0.2) is 56.1 Å². The summed E-state index contributed by atoms with van der Waals surface area (Å²) in [7, 11) is 1.45. The molecule has 0 saturated carbocycles. The van der Waals surface area contributed by atoms with Crippen molar-refractivity contribution in [3.05, 3.63) is 65.5 Å². The van der Waals surface area contributed by atoms with Crippen LogP contribution in [0.3, 0.4) is 0 Å². The number of ether oxygens (including phenoxy) is 2. The lowest BCUT2D eigenvalue weighted by Gasteiger charge is -2.31. The van der Waals surface area contributed by atoms with E-state index in [0.717, 1.165) is 5.56 Å². The van der Waals surface area contributed by atoms with Crippen LogP contribution in [-0.2, 0) is 36.8 Å². The lowest BCUT2D eigenvalue weighted by molar-refractivity contribution is -0.151. The number of hydrogen-bond acceptors (Lipinski definition) is 5. The lowest BCUT2D eigenvalue weighted by atomic mass is 9.96. The molecular weight excluding hydrogens is 439 g/mol. The van der Waals surface area contributed by atoms with Crippen LogP contribution in [0.25, 0.3) is 0 Å². The monoisotopic (exact) mass is 470 g/mol. The van der Waals surface area contributed by atoms with Crippen LogP contribution in [0.15, 0.2) is 48.5 Å². The molecule has 0 bridgehead atoms. The molecule has 3 rings (SSSR count). The summed E-state index contributed by atoms with van der Waals surface area (Å²) in [5.74, 6) is -0.938. The second-order valence-electron chi connectivity index (χ2n) is 8.29. The van der Waals surface area contributed by atoms with Crippen molar-refractivity contribution in [2.75, 3.05) is 38.3 Å². The summed E-state index contributed by atoms with van der Waals surface area (Å²) < 4.78 is 23.7. The van der Waals surface area contributed by atoms with E-state index in [0.29, 0.717) is 43.8 Å². The zero-order valence-electron chi connectivity index (χ0n) is 19.7. The Morgan fingerprint density at radius 1 is 1.06 bits per heavy atom. The number of carbonyl (C=O) groups excluding carboxylic acids is 3. The number of hydrogen-bond donors (Lipinski definition) is 0. The molecule has 2 aromatic carbocycles. The van der Waals surface area contributed by atoms with E-state index < -0.39 is 0 Å². The summed E-state index contributed by atoms with van der Waals surface area (Å²) in [5, 5.41) is 0. The highest BCUT2D eigenvalue weighted by molar-refractivity contribution is 5.94. The Morgan fingerprint density at radius 2 is 1.76 bits per heavy atom. The van der Waals surface area contributed by atoms with Crippen molar-refractivity contribution < 1.29 is 28.2 Å². The average Bonchev–Trinajstić information content (AvgIpc) is 2.83. The van der Waals surface area contributed by atoms with Gasteiger partial charge in [-0.05, 0) is 55.2 Å². The SMILES string of the molecule is CCOC(=O)C1CCN(C(=O)Cc2ccc(N(Cc3cccc(F)c3)C(=O)COC)cc2)CC1. The molecule has 34 heavy (non-hydrogen) atoms. The smallest absolute Gasteiger partial charge is 0.309 e. The molecule has 8 heteroatoms. The molecule has 0 atom stereocenters. The largest absolute Gasteiger partial charge is 0.466 e. The maximum atomic E-state index is 13.6. The van der Waals surface area contributed by atoms with Gasteiger partial charge in [-0.1, -0.05) is 24.3 Å². The molecule has 0 radical (unpaired) electrons. The van der Waals surface area contributed by atoms with Crippen LogP contribution in [0.1, 0.15) is 30.9 Å². The van der Waals surface area contributed by atoms with Crippen molar-refractivity contribution in [2.45, 2.75) is 32.7 Å². The maximum absolute atomic E-state index is 13.6. The zero-order chi connectivity index (χ0) is 24.5. The third-order valence-electron chi connectivity index (χ3n) is 5.87. The summed E-state index contributed by atoms with van der Waals surface area (Å²) in [5.41, 5.74) is 2.12. The first-order chi connectivity index (χ1) is 16.4. The van der Waals surface area contributed by atoms with E-state index in [-0.39, 0.29) is 49.1 Å². The molecule has 2 aromatic rings. The molecule has 1 saturated heterocycles. The van der Waals surface area contributed by atoms with Crippen molar-refractivity contribution in [3.63, 3.8) is 0 Å². The number of carbonyl (C=O) groups is 3. The summed E-state index contributed by atoms with van der Waals surface area (Å²) in [6.45, 7) is 3.33. The van der Waals surface area contributed by atoms with Crippen LogP contribution in [0, 0.1) is 11.7 Å². The quantitative estimate of drug-likeness (QED) is 0.526. The molecule has 2 amide bonds. The van der Waals surface area contributed by atoms with E-state index in [4.69, 9.17) is 9.47 Å². The molecule has 0 unspecified atom stereocenters. The second kappa shape index (κ2) is 12.3. The number of methoxy groups -OCH3 is 1. The van der Waals surface area contributed by atoms with Crippen molar-refractivity contribution >= 4 is 23.5 Å². The molecule has 0 aromatic heterocycles. The van der Waals surface area contributed by atoms with Gasteiger partial charge in [-0.3, -0.25) is 14.4 Å². The van der Waals surface area contributed by atoms with Gasteiger partial charge < -0.3 is 19.3 Å². The standard InChI is InChI=1S/C26H31FN2O5/c1-3-34-26(32)21-11-13-28(14-12-21)24(30)16-19-7-9-23(10-8-19)29(25(31)18-33-2)17-20-5-4-6-22(27)15-20/h4-10,15,21H,3,11-14,16-18H2,1-2H3. The first-order valence-electron chi connectivity index (χ1n) is 11.5. The van der Waals surface area contributed by atoms with Crippen LogP contribution in [0.2, 0.25) is 0 Å². The van der Waals surface area contributed by atoms with Crippen molar-refractivity contribution in [3.8, 4) is 0 Å². The minimum absolute atomic E-state index is 0.00198. The predicted octanol–water partition coefficient (Wildman–Crippen LogP) is 3.35. The number of nitrogens with zero attached hydrogens (tertiary/aromatic N) is 2. The van der Waals surface area contributed by atoms with Gasteiger partial charge in [0.25, 0.3) is 5.91 Å². The fourth-order valence-corrected chi connectivity index (χ4v) is 4.05. The van der Waals surface area contributed by atoms with Gasteiger partial charge in [0.1, 0.15) is 12.4 Å². The minimum Gasteiger partial charge on any atom is -0.466 e. The Labute approximate surface area is 199 Å². The number of piperidine rings is 1. The van der Waals surface area contributed by atoms with Gasteiger partial charge in [0.2, 0.25) is 5.91 Å². The Balaban J connectivity index is 1.62. The van der Waals surface area contributed by atoms with Gasteiger partial charge in [0.15, 0.2) is 0 Å². The van der Waals surface area contributed by atoms with Gasteiger partial charge >= 0.3 is 5.97 Å². The number of esters is 1. The molecule has 1 heterocycles. The van der Waals surface area contributed by atoms with Gasteiger partial charge in [-0.2, -0.15) is 0 Å². The van der Waals surface area contributed by atoms with E-state index in [1.165, 1.54) is 24.1 Å². The molecule has 1 aliphatic rings. The number of halogens is 1. The highest BCUT2D eigenvalue weighted by Gasteiger charge is 2.28. The fourth-order valence-electron chi connectivity index (χ4n) is 4.05. The first-order valence-corrected chi connectivity index (χ1v) is 11.5. The maximum Gasteiger partial charge on any atom is 0.309 e. The van der Waals surface area contributed by atoms with Crippen LogP contribution >= 0.6 is 0 Å². The van der Waals surface area contributed by atoms with Gasteiger partial charge in [-0.15, -0.1) is 0 Å². The number of rotatable bonds is 9. The topological polar surface area (TPSA) is 76.2 Å². The number of amides is 2. The average molecular weight is 471 g/mol. The van der Waals surface area contributed by atoms with Crippen LogP contribution in [0.4, 0.5) is 10.1 Å². The van der Waals surface area contributed by atoms with Gasteiger partial charge in [-0.25, -0.2) is 4.39 Å². The third-order valence-corrected chi connectivity index (χ3v) is 5.87. The Kier molecular flexibility index (Phi) is 9.16. The lowest BCUT2D eigenvalue weighted by Crippen LogP contribution is -2.41. The molecule has 0 aliphatic carbocycles. The van der Waals surface area contributed by atoms with E-state index in [9.17, 15) is 18.8 Å². The number of benzene rings is 2. The Hall–Kier alpha value is -3.26. The molecule has 1 aliphatic heterocycles. The van der Waals surface area contributed by atoms with Crippen LogP contribution in [0.5, 0.6) is 0 Å². The number of anilines is 1. The van der Waals surface area contributed by atoms with Crippen molar-refractivity contribution in [1.82, 2.24) is 4.90 Å². The van der Waals surface area contributed by atoms with Crippen LogP contribution < -0.4 is 4.90 Å².